The molecule has 22 heavy (non-hydrogen) atoms. The van der Waals surface area contributed by atoms with E-state index in [1.807, 2.05) is 18.2 Å². The van der Waals surface area contributed by atoms with Gasteiger partial charge in [-0.1, -0.05) is 41.9 Å². The molecule has 3 nitrogen and oxygen atoms in total. The fraction of sp³-hybridized carbons (Fsp3) is 0.278. The summed E-state index contributed by atoms with van der Waals surface area (Å²) in [5.74, 6) is -0.278. The Morgan fingerprint density at radius 1 is 1.23 bits per heavy atom. The number of fused-ring (bicyclic) bond motifs is 1. The van der Waals surface area contributed by atoms with E-state index in [1.54, 1.807) is 6.07 Å². The van der Waals surface area contributed by atoms with E-state index >= 15 is 0 Å². The van der Waals surface area contributed by atoms with E-state index in [-0.39, 0.29) is 11.7 Å². The van der Waals surface area contributed by atoms with Gasteiger partial charge in [-0.25, -0.2) is 4.79 Å². The molecule has 0 amide bonds. The van der Waals surface area contributed by atoms with Gasteiger partial charge in [0.25, 0.3) is 0 Å². The molecule has 0 radical (unpaired) electrons. The highest BCUT2D eigenvalue weighted by Crippen LogP contribution is 2.37. The number of aryl methyl sites for hydroxylation is 1. The quantitative estimate of drug-likeness (QED) is 0.891. The maximum Gasteiger partial charge on any atom is 0.337 e. The molecule has 0 spiro atoms. The molecule has 1 heterocycles. The molecule has 1 unspecified atom stereocenters. The van der Waals surface area contributed by atoms with Crippen molar-refractivity contribution in [2.75, 3.05) is 0 Å². The minimum Gasteiger partial charge on any atom is -0.490 e. The second-order valence-corrected chi connectivity index (χ2v) is 5.91. The summed E-state index contributed by atoms with van der Waals surface area (Å²) in [7, 11) is 0. The van der Waals surface area contributed by atoms with Gasteiger partial charge in [-0.05, 0) is 37.0 Å². The second-order valence-electron chi connectivity index (χ2n) is 5.53. The zero-order valence-corrected chi connectivity index (χ0v) is 12.8. The fourth-order valence-electron chi connectivity index (χ4n) is 2.86. The van der Waals surface area contributed by atoms with Gasteiger partial charge in [-0.2, -0.15) is 0 Å². The van der Waals surface area contributed by atoms with E-state index in [2.05, 4.69) is 12.1 Å². The molecule has 4 heteroatoms. The van der Waals surface area contributed by atoms with E-state index in [1.165, 1.54) is 11.6 Å². The summed E-state index contributed by atoms with van der Waals surface area (Å²) in [6.45, 7) is 0. The first-order chi connectivity index (χ1) is 10.6. The van der Waals surface area contributed by atoms with Crippen molar-refractivity contribution in [3.05, 3.63) is 64.2 Å². The molecule has 0 aromatic heterocycles. The van der Waals surface area contributed by atoms with Crippen molar-refractivity contribution in [1.82, 2.24) is 0 Å². The van der Waals surface area contributed by atoms with Gasteiger partial charge in [0.05, 0.1) is 10.6 Å². The summed E-state index contributed by atoms with van der Waals surface area (Å²) in [5, 5.41) is 9.42. The first kappa shape index (κ1) is 14.9. The minimum atomic E-state index is -1.000. The first-order valence-corrected chi connectivity index (χ1v) is 7.78. The zero-order chi connectivity index (χ0) is 15.5. The Morgan fingerprint density at radius 3 is 2.73 bits per heavy atom. The largest absolute Gasteiger partial charge is 0.490 e. The molecule has 1 atom stereocenters. The lowest BCUT2D eigenvalue weighted by Gasteiger charge is -2.10. The van der Waals surface area contributed by atoms with Crippen LogP contribution in [0.3, 0.4) is 0 Å². The van der Waals surface area contributed by atoms with Crippen LogP contribution in [0.25, 0.3) is 0 Å². The third-order valence-corrected chi connectivity index (χ3v) is 4.42. The molecule has 3 rings (SSSR count). The summed E-state index contributed by atoms with van der Waals surface area (Å²) in [6, 6.07) is 13.6. The predicted octanol–water partition coefficient (Wildman–Crippen LogP) is 4.36. The average Bonchev–Trinajstić information content (AvgIpc) is 2.92. The van der Waals surface area contributed by atoms with Crippen molar-refractivity contribution in [3.63, 3.8) is 0 Å². The van der Waals surface area contributed by atoms with Crippen molar-refractivity contribution in [3.8, 4) is 5.75 Å². The van der Waals surface area contributed by atoms with Gasteiger partial charge >= 0.3 is 5.97 Å². The molecular weight excluding hydrogens is 300 g/mol. The zero-order valence-electron chi connectivity index (χ0n) is 12.1. The maximum atomic E-state index is 11.1. The van der Waals surface area contributed by atoms with E-state index in [9.17, 15) is 4.79 Å². The monoisotopic (exact) mass is 316 g/mol. The van der Waals surface area contributed by atoms with Crippen LogP contribution in [0, 0.1) is 0 Å². The van der Waals surface area contributed by atoms with Gasteiger partial charge in [-0.3, -0.25) is 0 Å². The number of hydrogen-bond acceptors (Lipinski definition) is 2. The van der Waals surface area contributed by atoms with Gasteiger partial charge < -0.3 is 9.84 Å². The van der Waals surface area contributed by atoms with Crippen molar-refractivity contribution in [2.45, 2.75) is 31.8 Å². The molecule has 114 valence electrons. The molecule has 2 aromatic carbocycles. The van der Waals surface area contributed by atoms with Gasteiger partial charge in [0.2, 0.25) is 0 Å². The smallest absolute Gasteiger partial charge is 0.337 e. The second kappa shape index (κ2) is 6.41. The molecule has 2 aromatic rings. The lowest BCUT2D eigenvalue weighted by Crippen LogP contribution is -2.12. The van der Waals surface area contributed by atoms with Crippen LogP contribution in [0.2, 0.25) is 5.02 Å². The number of aromatic carboxylic acids is 1. The number of carboxylic acids is 1. The molecule has 0 aliphatic carbocycles. The fourth-order valence-corrected chi connectivity index (χ4v) is 3.17. The van der Waals surface area contributed by atoms with Crippen LogP contribution in [0.4, 0.5) is 0 Å². The highest BCUT2D eigenvalue weighted by atomic mass is 35.5. The van der Waals surface area contributed by atoms with E-state index in [4.69, 9.17) is 21.4 Å². The normalized spacial score (nSPS) is 16.1. The van der Waals surface area contributed by atoms with Gasteiger partial charge in [-0.15, -0.1) is 0 Å². The van der Waals surface area contributed by atoms with Crippen LogP contribution >= 0.6 is 11.6 Å². The first-order valence-electron chi connectivity index (χ1n) is 7.40. The van der Waals surface area contributed by atoms with Crippen LogP contribution in [-0.2, 0) is 12.8 Å². The Kier molecular flexibility index (Phi) is 4.34. The van der Waals surface area contributed by atoms with Gasteiger partial charge in [0, 0.05) is 12.0 Å². The third kappa shape index (κ3) is 3.09. The Bertz CT molecular complexity index is 682. The maximum absolute atomic E-state index is 11.1. The number of benzene rings is 2. The number of rotatable bonds is 5. The molecule has 0 fully saturated rings. The van der Waals surface area contributed by atoms with Crippen LogP contribution < -0.4 is 4.74 Å². The lowest BCUT2D eigenvalue weighted by atomic mass is 10.0. The van der Waals surface area contributed by atoms with Crippen LogP contribution in [0.5, 0.6) is 5.75 Å². The molecule has 1 N–H and O–H groups in total. The number of halogens is 1. The highest BCUT2D eigenvalue weighted by molar-refractivity contribution is 6.34. The number of ether oxygens (including phenoxy) is 1. The van der Waals surface area contributed by atoms with E-state index in [0.717, 1.165) is 30.6 Å². The molecular formula is C18H17ClO3. The van der Waals surface area contributed by atoms with Crippen LogP contribution in [0.15, 0.2) is 42.5 Å². The number of carboxylic acid groups (broad SMARTS) is 1. The Balaban J connectivity index is 1.60. The summed E-state index contributed by atoms with van der Waals surface area (Å²) < 4.78 is 5.88. The van der Waals surface area contributed by atoms with Crippen LogP contribution in [0.1, 0.15) is 34.3 Å². The number of carbonyl (C=O) groups is 1. The summed E-state index contributed by atoms with van der Waals surface area (Å²) in [5.41, 5.74) is 2.30. The summed E-state index contributed by atoms with van der Waals surface area (Å²) in [4.78, 5) is 11.1. The molecule has 0 saturated heterocycles. The Labute approximate surface area is 134 Å². The molecule has 1 aliphatic rings. The van der Waals surface area contributed by atoms with Gasteiger partial charge in [0.15, 0.2) is 0 Å². The summed E-state index contributed by atoms with van der Waals surface area (Å²) >= 11 is 6.18. The number of hydrogen-bond donors (Lipinski definition) is 1. The average molecular weight is 317 g/mol. The van der Waals surface area contributed by atoms with Crippen molar-refractivity contribution in [1.29, 1.82) is 0 Å². The molecule has 0 saturated carbocycles. The van der Waals surface area contributed by atoms with Crippen LogP contribution in [-0.4, -0.2) is 17.2 Å². The third-order valence-electron chi connectivity index (χ3n) is 3.99. The van der Waals surface area contributed by atoms with Gasteiger partial charge in [0.1, 0.15) is 11.9 Å². The summed E-state index contributed by atoms with van der Waals surface area (Å²) in [6.07, 6.45) is 3.75. The molecule has 0 bridgehead atoms. The molecule has 1 aliphatic heterocycles. The van der Waals surface area contributed by atoms with E-state index in [0.29, 0.717) is 11.4 Å². The van der Waals surface area contributed by atoms with Crippen molar-refractivity contribution >= 4 is 17.6 Å². The Hall–Kier alpha value is -2.00. The topological polar surface area (TPSA) is 46.5 Å². The van der Waals surface area contributed by atoms with Crippen molar-refractivity contribution < 1.29 is 14.6 Å². The predicted molar refractivity (Wildman–Crippen MR) is 85.9 cm³/mol. The lowest BCUT2D eigenvalue weighted by molar-refractivity contribution is 0.0697. The van der Waals surface area contributed by atoms with E-state index < -0.39 is 5.97 Å². The Morgan fingerprint density at radius 2 is 2.00 bits per heavy atom. The minimum absolute atomic E-state index is 0.0836. The SMILES string of the molecule is O=C(O)c1ccc2c(c1Cl)CC(CCCc1ccccc1)O2. The highest BCUT2D eigenvalue weighted by Gasteiger charge is 2.27. The van der Waals surface area contributed by atoms with Crippen molar-refractivity contribution in [2.24, 2.45) is 0 Å². The standard InChI is InChI=1S/C18H17ClO3/c19-17-14(18(20)21)9-10-16-15(17)11-13(22-16)8-4-7-12-5-2-1-3-6-12/h1-3,5-6,9-10,13H,4,7-8,11H2,(H,20,21).